The molecule has 0 bridgehead atoms. The van der Waals surface area contributed by atoms with Crippen LogP contribution in [0.2, 0.25) is 0 Å². The zero-order valence-electron chi connectivity index (χ0n) is 8.91. The molecule has 1 aliphatic heterocycles. The van der Waals surface area contributed by atoms with Crippen LogP contribution in [0.15, 0.2) is 0 Å². The van der Waals surface area contributed by atoms with Crippen molar-refractivity contribution in [2.75, 3.05) is 32.2 Å². The van der Waals surface area contributed by atoms with Gasteiger partial charge in [0.25, 0.3) is 0 Å². The third-order valence-electron chi connectivity index (χ3n) is 2.76. The standard InChI is InChI=1S/C10H19NO2S/c1-11-7-9(10(12)13-2)8-3-5-14-6-4-8/h8-9,11H,3-7H2,1-2H3. The number of hydrogen-bond donors (Lipinski definition) is 1. The lowest BCUT2D eigenvalue weighted by Crippen LogP contribution is -2.35. The van der Waals surface area contributed by atoms with Crippen LogP contribution in [-0.4, -0.2) is 38.2 Å². The Morgan fingerprint density at radius 3 is 2.71 bits per heavy atom. The predicted molar refractivity (Wildman–Crippen MR) is 59.5 cm³/mol. The molecule has 1 aliphatic rings. The summed E-state index contributed by atoms with van der Waals surface area (Å²) in [6.45, 7) is 0.738. The molecule has 0 radical (unpaired) electrons. The molecule has 3 nitrogen and oxygen atoms in total. The monoisotopic (exact) mass is 217 g/mol. The number of ether oxygens (including phenoxy) is 1. The van der Waals surface area contributed by atoms with Crippen molar-refractivity contribution in [3.05, 3.63) is 0 Å². The van der Waals surface area contributed by atoms with Crippen molar-refractivity contribution >= 4 is 17.7 Å². The summed E-state index contributed by atoms with van der Waals surface area (Å²) in [6.07, 6.45) is 2.29. The fraction of sp³-hybridized carbons (Fsp3) is 0.900. The van der Waals surface area contributed by atoms with Crippen molar-refractivity contribution in [2.24, 2.45) is 11.8 Å². The number of carbonyl (C=O) groups excluding carboxylic acids is 1. The Kier molecular flexibility index (Phi) is 5.33. The molecule has 0 aromatic rings. The maximum Gasteiger partial charge on any atom is 0.310 e. The van der Waals surface area contributed by atoms with Crippen LogP contribution in [0.4, 0.5) is 0 Å². The van der Waals surface area contributed by atoms with E-state index in [1.807, 2.05) is 18.8 Å². The summed E-state index contributed by atoms with van der Waals surface area (Å²) < 4.78 is 4.83. The van der Waals surface area contributed by atoms with E-state index in [1.54, 1.807) is 0 Å². The van der Waals surface area contributed by atoms with Gasteiger partial charge in [-0.3, -0.25) is 4.79 Å². The van der Waals surface area contributed by atoms with Crippen molar-refractivity contribution in [1.29, 1.82) is 0 Å². The van der Waals surface area contributed by atoms with E-state index in [1.165, 1.54) is 18.6 Å². The Morgan fingerprint density at radius 2 is 2.21 bits per heavy atom. The summed E-state index contributed by atoms with van der Waals surface area (Å²) in [5.41, 5.74) is 0. The first-order chi connectivity index (χ1) is 6.79. The van der Waals surface area contributed by atoms with E-state index in [4.69, 9.17) is 4.74 Å². The predicted octanol–water partition coefficient (Wildman–Crippen LogP) is 1.14. The summed E-state index contributed by atoms with van der Waals surface area (Å²) in [4.78, 5) is 11.5. The smallest absolute Gasteiger partial charge is 0.310 e. The maximum absolute atomic E-state index is 11.5. The fourth-order valence-electron chi connectivity index (χ4n) is 1.93. The van der Waals surface area contributed by atoms with Crippen molar-refractivity contribution < 1.29 is 9.53 Å². The summed E-state index contributed by atoms with van der Waals surface area (Å²) in [6, 6.07) is 0. The van der Waals surface area contributed by atoms with Gasteiger partial charge < -0.3 is 10.1 Å². The van der Waals surface area contributed by atoms with Gasteiger partial charge >= 0.3 is 5.97 Å². The van der Waals surface area contributed by atoms with E-state index in [-0.39, 0.29) is 11.9 Å². The van der Waals surface area contributed by atoms with E-state index in [0.29, 0.717) is 5.92 Å². The molecule has 1 rings (SSSR count). The summed E-state index contributed by atoms with van der Waals surface area (Å²) in [7, 11) is 3.36. The highest BCUT2D eigenvalue weighted by atomic mass is 32.2. The number of carbonyl (C=O) groups is 1. The Balaban J connectivity index is 2.50. The number of thioether (sulfide) groups is 1. The topological polar surface area (TPSA) is 38.3 Å². The molecule has 1 fully saturated rings. The molecule has 1 unspecified atom stereocenters. The first-order valence-corrected chi connectivity index (χ1v) is 6.25. The average molecular weight is 217 g/mol. The van der Waals surface area contributed by atoms with E-state index in [0.717, 1.165) is 19.4 Å². The van der Waals surface area contributed by atoms with Gasteiger partial charge in [0.05, 0.1) is 13.0 Å². The molecule has 82 valence electrons. The summed E-state index contributed by atoms with van der Waals surface area (Å²) in [5, 5.41) is 3.07. The van der Waals surface area contributed by atoms with E-state index < -0.39 is 0 Å². The maximum atomic E-state index is 11.5. The molecular formula is C10H19NO2S. The number of methoxy groups -OCH3 is 1. The SMILES string of the molecule is CNCC(C(=O)OC)C1CCSCC1. The molecule has 1 N–H and O–H groups in total. The van der Waals surface area contributed by atoms with E-state index in [2.05, 4.69) is 5.32 Å². The summed E-state index contributed by atoms with van der Waals surface area (Å²) in [5.74, 6) is 2.86. The lowest BCUT2D eigenvalue weighted by Gasteiger charge is -2.27. The van der Waals surface area contributed by atoms with Crippen molar-refractivity contribution in [3.63, 3.8) is 0 Å². The van der Waals surface area contributed by atoms with Crippen LogP contribution >= 0.6 is 11.8 Å². The van der Waals surface area contributed by atoms with Crippen molar-refractivity contribution in [1.82, 2.24) is 5.32 Å². The molecule has 1 heterocycles. The van der Waals surface area contributed by atoms with Crippen LogP contribution in [0.5, 0.6) is 0 Å². The van der Waals surface area contributed by atoms with Gasteiger partial charge in [0, 0.05) is 6.54 Å². The second kappa shape index (κ2) is 6.30. The van der Waals surface area contributed by atoms with Gasteiger partial charge in [-0.15, -0.1) is 0 Å². The quantitative estimate of drug-likeness (QED) is 0.717. The highest BCUT2D eigenvalue weighted by molar-refractivity contribution is 7.99. The number of rotatable bonds is 4. The Labute approximate surface area is 90.0 Å². The minimum absolute atomic E-state index is 0.0471. The van der Waals surface area contributed by atoms with E-state index >= 15 is 0 Å². The lowest BCUT2D eigenvalue weighted by molar-refractivity contribution is -0.147. The molecule has 0 aromatic carbocycles. The first kappa shape index (κ1) is 11.9. The second-order valence-corrected chi connectivity index (χ2v) is 4.86. The molecule has 1 saturated heterocycles. The molecular weight excluding hydrogens is 198 g/mol. The minimum Gasteiger partial charge on any atom is -0.469 e. The van der Waals surface area contributed by atoms with Gasteiger partial charge in [-0.25, -0.2) is 0 Å². The minimum atomic E-state index is -0.0590. The van der Waals surface area contributed by atoms with Crippen LogP contribution in [0.1, 0.15) is 12.8 Å². The highest BCUT2D eigenvalue weighted by Crippen LogP contribution is 2.29. The Morgan fingerprint density at radius 1 is 1.57 bits per heavy atom. The van der Waals surface area contributed by atoms with Crippen LogP contribution < -0.4 is 5.32 Å². The molecule has 0 saturated carbocycles. The van der Waals surface area contributed by atoms with Crippen molar-refractivity contribution in [3.8, 4) is 0 Å². The van der Waals surface area contributed by atoms with Crippen LogP contribution in [0, 0.1) is 11.8 Å². The molecule has 0 aromatic heterocycles. The number of nitrogens with one attached hydrogen (secondary N) is 1. The second-order valence-electron chi connectivity index (χ2n) is 3.64. The molecule has 0 spiro atoms. The van der Waals surface area contributed by atoms with Gasteiger partial charge in [-0.1, -0.05) is 0 Å². The van der Waals surface area contributed by atoms with Gasteiger partial charge in [0.15, 0.2) is 0 Å². The largest absolute Gasteiger partial charge is 0.469 e. The molecule has 4 heteroatoms. The highest BCUT2D eigenvalue weighted by Gasteiger charge is 2.29. The van der Waals surface area contributed by atoms with Crippen LogP contribution in [0.25, 0.3) is 0 Å². The molecule has 0 aliphatic carbocycles. The Bertz CT molecular complexity index is 181. The summed E-state index contributed by atoms with van der Waals surface area (Å²) >= 11 is 1.98. The Hall–Kier alpha value is -0.220. The van der Waals surface area contributed by atoms with Crippen LogP contribution in [0.3, 0.4) is 0 Å². The molecule has 1 atom stereocenters. The third-order valence-corrected chi connectivity index (χ3v) is 3.81. The van der Waals surface area contributed by atoms with Crippen molar-refractivity contribution in [2.45, 2.75) is 12.8 Å². The zero-order chi connectivity index (χ0) is 10.4. The van der Waals surface area contributed by atoms with Gasteiger partial charge in [-0.2, -0.15) is 11.8 Å². The van der Waals surface area contributed by atoms with Gasteiger partial charge in [-0.05, 0) is 37.3 Å². The molecule has 0 amide bonds. The lowest BCUT2D eigenvalue weighted by atomic mass is 9.87. The van der Waals surface area contributed by atoms with Gasteiger partial charge in [0.1, 0.15) is 0 Å². The van der Waals surface area contributed by atoms with E-state index in [9.17, 15) is 4.79 Å². The average Bonchev–Trinajstić information content (AvgIpc) is 2.26. The fourth-order valence-corrected chi connectivity index (χ4v) is 3.07. The zero-order valence-corrected chi connectivity index (χ0v) is 9.73. The number of hydrogen-bond acceptors (Lipinski definition) is 4. The normalized spacial score (nSPS) is 20.4. The van der Waals surface area contributed by atoms with Gasteiger partial charge in [0.2, 0.25) is 0 Å². The number of esters is 1. The molecule has 14 heavy (non-hydrogen) atoms. The van der Waals surface area contributed by atoms with Crippen LogP contribution in [-0.2, 0) is 9.53 Å². The third kappa shape index (κ3) is 3.17. The first-order valence-electron chi connectivity index (χ1n) is 5.09.